The van der Waals surface area contributed by atoms with Gasteiger partial charge in [0.15, 0.2) is 0 Å². The SMILES string of the molecule is C=CCN(C(=O)[C@@H]1N([C@@H](CO)[C@@H](C)CC)C(=O)[C@H]2[C@H](C(=O)O)[C@@H]3CC[C@]12O3)c1ccc(N(CC)CC)cc1. The third kappa shape index (κ3) is 4.29. The number of likely N-dealkylation sites (tertiary alicyclic amines) is 1. The molecule has 3 heterocycles. The first-order valence-corrected chi connectivity index (χ1v) is 13.8. The summed E-state index contributed by atoms with van der Waals surface area (Å²) in [5.74, 6) is -3.90. The lowest BCUT2D eigenvalue weighted by Gasteiger charge is -2.41. The summed E-state index contributed by atoms with van der Waals surface area (Å²) in [6.45, 7) is 13.5. The Labute approximate surface area is 225 Å². The van der Waals surface area contributed by atoms with Gasteiger partial charge in [0.25, 0.3) is 5.91 Å². The highest BCUT2D eigenvalue weighted by Gasteiger charge is 2.75. The number of benzene rings is 1. The van der Waals surface area contributed by atoms with E-state index >= 15 is 0 Å². The van der Waals surface area contributed by atoms with Crippen molar-refractivity contribution in [2.45, 2.75) is 70.7 Å². The number of carbonyl (C=O) groups excluding carboxylic acids is 2. The van der Waals surface area contributed by atoms with Gasteiger partial charge in [-0.15, -0.1) is 6.58 Å². The van der Waals surface area contributed by atoms with E-state index in [2.05, 4.69) is 25.3 Å². The van der Waals surface area contributed by atoms with E-state index < -0.39 is 47.5 Å². The molecule has 0 saturated carbocycles. The fraction of sp³-hybridized carbons (Fsp3) is 0.621. The van der Waals surface area contributed by atoms with Crippen LogP contribution in [-0.4, -0.2) is 82.9 Å². The number of hydrogen-bond acceptors (Lipinski definition) is 6. The van der Waals surface area contributed by atoms with Crippen LogP contribution in [0.5, 0.6) is 0 Å². The number of anilines is 2. The molecule has 1 spiro atoms. The summed E-state index contributed by atoms with van der Waals surface area (Å²) in [4.78, 5) is 46.1. The average molecular weight is 528 g/mol. The summed E-state index contributed by atoms with van der Waals surface area (Å²) in [6.07, 6.45) is 2.62. The van der Waals surface area contributed by atoms with Crippen LogP contribution in [0.2, 0.25) is 0 Å². The van der Waals surface area contributed by atoms with Gasteiger partial charge in [-0.2, -0.15) is 0 Å². The van der Waals surface area contributed by atoms with Crippen molar-refractivity contribution in [2.75, 3.05) is 36.0 Å². The summed E-state index contributed by atoms with van der Waals surface area (Å²) >= 11 is 0. The quantitative estimate of drug-likeness (QED) is 0.402. The van der Waals surface area contributed by atoms with Crippen LogP contribution in [0.3, 0.4) is 0 Å². The number of aliphatic carboxylic acids is 1. The monoisotopic (exact) mass is 527 g/mol. The summed E-state index contributed by atoms with van der Waals surface area (Å²) in [6, 6.07) is 6.04. The van der Waals surface area contributed by atoms with E-state index in [1.165, 1.54) is 4.90 Å². The molecule has 3 aliphatic heterocycles. The standard InChI is InChI=1S/C29H41N3O6/c1-6-16-31(20-12-10-19(11-13-20)30(8-3)9-4)27(35)25-29-15-14-22(38-29)23(28(36)37)24(29)26(34)32(25)21(17-33)18(5)7-2/h6,10-13,18,21-25,33H,1,7-9,14-17H2,2-5H3,(H,36,37)/t18-,21-,22-,23+,24+,25-,29+/m0/s1. The molecular weight excluding hydrogens is 486 g/mol. The second kappa shape index (κ2) is 11.1. The normalized spacial score (nSPS) is 29.2. The van der Waals surface area contributed by atoms with Gasteiger partial charge in [0.2, 0.25) is 5.91 Å². The molecule has 9 nitrogen and oxygen atoms in total. The lowest BCUT2D eigenvalue weighted by molar-refractivity contribution is -0.151. The molecule has 2 N–H and O–H groups in total. The third-order valence-corrected chi connectivity index (χ3v) is 8.97. The summed E-state index contributed by atoms with van der Waals surface area (Å²) in [7, 11) is 0. The zero-order valence-corrected chi connectivity index (χ0v) is 22.9. The Balaban J connectivity index is 1.79. The molecule has 3 aliphatic rings. The number of rotatable bonds is 12. The third-order valence-electron chi connectivity index (χ3n) is 8.97. The molecule has 9 heteroatoms. The Hall–Kier alpha value is -2.91. The van der Waals surface area contributed by atoms with Crippen LogP contribution in [0.1, 0.15) is 47.0 Å². The number of aliphatic hydroxyl groups is 1. The molecule has 38 heavy (non-hydrogen) atoms. The Kier molecular flexibility index (Phi) is 8.18. The second-order valence-electron chi connectivity index (χ2n) is 10.7. The first kappa shape index (κ1) is 28.1. The number of hydrogen-bond donors (Lipinski definition) is 2. The lowest BCUT2D eigenvalue weighted by Crippen LogP contribution is -2.60. The number of aliphatic hydroxyl groups excluding tert-OH is 1. The van der Waals surface area contributed by atoms with E-state index in [1.807, 2.05) is 38.1 Å². The van der Waals surface area contributed by atoms with E-state index in [-0.39, 0.29) is 25.0 Å². The first-order valence-electron chi connectivity index (χ1n) is 13.8. The molecule has 3 saturated heterocycles. The van der Waals surface area contributed by atoms with Gasteiger partial charge >= 0.3 is 5.97 Å². The van der Waals surface area contributed by atoms with Gasteiger partial charge in [-0.25, -0.2) is 0 Å². The van der Waals surface area contributed by atoms with Gasteiger partial charge < -0.3 is 29.6 Å². The van der Waals surface area contributed by atoms with Gasteiger partial charge in [-0.05, 0) is 56.9 Å². The Morgan fingerprint density at radius 1 is 1.21 bits per heavy atom. The topological polar surface area (TPSA) is 111 Å². The minimum atomic E-state index is -1.23. The van der Waals surface area contributed by atoms with Gasteiger partial charge in [0, 0.05) is 31.0 Å². The van der Waals surface area contributed by atoms with E-state index in [4.69, 9.17) is 4.74 Å². The Bertz CT molecular complexity index is 1060. The predicted molar refractivity (Wildman–Crippen MR) is 145 cm³/mol. The van der Waals surface area contributed by atoms with Gasteiger partial charge in [-0.1, -0.05) is 26.3 Å². The second-order valence-corrected chi connectivity index (χ2v) is 10.7. The van der Waals surface area contributed by atoms with Crippen LogP contribution in [0.15, 0.2) is 36.9 Å². The van der Waals surface area contributed by atoms with Crippen molar-refractivity contribution in [1.82, 2.24) is 4.90 Å². The summed E-state index contributed by atoms with van der Waals surface area (Å²) in [5, 5.41) is 20.4. The number of carboxylic acid groups (broad SMARTS) is 1. The number of nitrogens with zero attached hydrogens (tertiary/aromatic N) is 3. The highest BCUT2D eigenvalue weighted by molar-refractivity contribution is 6.04. The fourth-order valence-corrected chi connectivity index (χ4v) is 6.86. The van der Waals surface area contributed by atoms with Crippen LogP contribution in [0.4, 0.5) is 11.4 Å². The summed E-state index contributed by atoms with van der Waals surface area (Å²) < 4.78 is 6.34. The Morgan fingerprint density at radius 3 is 2.37 bits per heavy atom. The predicted octanol–water partition coefficient (Wildman–Crippen LogP) is 2.92. The molecule has 4 rings (SSSR count). The van der Waals surface area contributed by atoms with Crippen molar-refractivity contribution in [1.29, 1.82) is 0 Å². The van der Waals surface area contributed by atoms with E-state index in [9.17, 15) is 24.6 Å². The molecule has 3 fully saturated rings. The maximum absolute atomic E-state index is 14.5. The molecular formula is C29H41N3O6. The molecule has 2 amide bonds. The van der Waals surface area contributed by atoms with Crippen LogP contribution in [0.25, 0.3) is 0 Å². The van der Waals surface area contributed by atoms with Crippen LogP contribution in [-0.2, 0) is 19.1 Å². The van der Waals surface area contributed by atoms with E-state index in [1.54, 1.807) is 11.0 Å². The van der Waals surface area contributed by atoms with Crippen molar-refractivity contribution in [2.24, 2.45) is 17.8 Å². The van der Waals surface area contributed by atoms with Crippen molar-refractivity contribution in [3.63, 3.8) is 0 Å². The van der Waals surface area contributed by atoms with Crippen molar-refractivity contribution in [3.05, 3.63) is 36.9 Å². The van der Waals surface area contributed by atoms with Gasteiger partial charge in [0.05, 0.1) is 30.6 Å². The maximum Gasteiger partial charge on any atom is 0.310 e. The molecule has 2 bridgehead atoms. The number of carboxylic acids is 1. The molecule has 0 aromatic heterocycles. The highest BCUT2D eigenvalue weighted by atomic mass is 16.5. The fourth-order valence-electron chi connectivity index (χ4n) is 6.86. The first-order chi connectivity index (χ1) is 18.2. The molecule has 1 aromatic rings. The Morgan fingerprint density at radius 2 is 1.84 bits per heavy atom. The molecule has 7 atom stereocenters. The minimum absolute atomic E-state index is 0.101. The average Bonchev–Trinajstić information content (AvgIpc) is 3.56. The molecule has 0 radical (unpaired) electrons. The summed E-state index contributed by atoms with van der Waals surface area (Å²) in [5.41, 5.74) is 0.466. The van der Waals surface area contributed by atoms with Crippen molar-refractivity contribution in [3.8, 4) is 0 Å². The highest BCUT2D eigenvalue weighted by Crippen LogP contribution is 2.59. The zero-order chi connectivity index (χ0) is 27.8. The minimum Gasteiger partial charge on any atom is -0.481 e. The van der Waals surface area contributed by atoms with Crippen molar-refractivity contribution >= 4 is 29.2 Å². The maximum atomic E-state index is 14.5. The van der Waals surface area contributed by atoms with Crippen LogP contribution in [0, 0.1) is 17.8 Å². The molecule has 208 valence electrons. The molecule has 0 unspecified atom stereocenters. The van der Waals surface area contributed by atoms with E-state index in [0.29, 0.717) is 24.9 Å². The number of ether oxygens (including phenoxy) is 1. The largest absolute Gasteiger partial charge is 0.481 e. The molecule has 1 aromatic carbocycles. The van der Waals surface area contributed by atoms with Crippen LogP contribution < -0.4 is 9.80 Å². The lowest BCUT2D eigenvalue weighted by atomic mass is 9.70. The van der Waals surface area contributed by atoms with Gasteiger partial charge in [0.1, 0.15) is 11.6 Å². The molecule has 0 aliphatic carbocycles. The zero-order valence-electron chi connectivity index (χ0n) is 22.9. The number of fused-ring (bicyclic) bond motifs is 1. The van der Waals surface area contributed by atoms with E-state index in [0.717, 1.165) is 18.8 Å². The van der Waals surface area contributed by atoms with Crippen LogP contribution >= 0.6 is 0 Å². The van der Waals surface area contributed by atoms with Crippen molar-refractivity contribution < 1.29 is 29.3 Å². The number of amides is 2. The van der Waals surface area contributed by atoms with Gasteiger partial charge in [-0.3, -0.25) is 14.4 Å². The number of carbonyl (C=O) groups is 3. The smallest absolute Gasteiger partial charge is 0.310 e.